The Labute approximate surface area is 141 Å². The molecule has 0 saturated carbocycles. The molecule has 1 aromatic carbocycles. The molecule has 0 amide bonds. The molecule has 1 unspecified atom stereocenters. The van der Waals surface area contributed by atoms with Crippen LogP contribution in [0.4, 0.5) is 0 Å². The Kier molecular flexibility index (Phi) is 7.33. The third kappa shape index (κ3) is 4.36. The number of benzene rings is 1. The number of aliphatic hydroxyl groups excluding tert-OH is 2. The smallest absolute Gasteiger partial charge is 0.225 e. The number of halogens is 2. The van der Waals surface area contributed by atoms with E-state index in [0.717, 1.165) is 15.7 Å². The second kappa shape index (κ2) is 8.24. The molecule has 2 N–H and O–H groups in total. The van der Waals surface area contributed by atoms with E-state index in [4.69, 9.17) is 5.11 Å². The summed E-state index contributed by atoms with van der Waals surface area (Å²) in [6, 6.07) is 7.71. The SMILES string of the molecule is Cc1c(CCO)sc[n+]1CC(O)c1ccc(Br)cc1.[Br-]. The summed E-state index contributed by atoms with van der Waals surface area (Å²) < 4.78 is 3.05. The van der Waals surface area contributed by atoms with Gasteiger partial charge in [0.05, 0.1) is 4.88 Å². The van der Waals surface area contributed by atoms with Gasteiger partial charge in [-0.25, -0.2) is 0 Å². The van der Waals surface area contributed by atoms with Crippen molar-refractivity contribution >= 4 is 27.3 Å². The minimum absolute atomic E-state index is 0. The molecule has 1 heterocycles. The van der Waals surface area contributed by atoms with Gasteiger partial charge in [-0.2, -0.15) is 4.57 Å². The molecule has 0 aliphatic heterocycles. The molecule has 0 fully saturated rings. The highest BCUT2D eigenvalue weighted by molar-refractivity contribution is 9.10. The Hall–Kier alpha value is -0.270. The predicted molar refractivity (Wildman–Crippen MR) is 79.1 cm³/mol. The lowest BCUT2D eigenvalue weighted by atomic mass is 10.1. The van der Waals surface area contributed by atoms with E-state index in [1.807, 2.05) is 41.3 Å². The summed E-state index contributed by atoms with van der Waals surface area (Å²) in [7, 11) is 0. The fraction of sp³-hybridized carbons (Fsp3) is 0.357. The molecule has 0 bridgehead atoms. The normalized spacial score (nSPS) is 12.0. The first kappa shape index (κ1) is 17.8. The number of nitrogens with zero attached hydrogens (tertiary/aromatic N) is 1. The number of hydrogen-bond donors (Lipinski definition) is 2. The van der Waals surface area contributed by atoms with Crippen LogP contribution in [0, 0.1) is 6.92 Å². The van der Waals surface area contributed by atoms with Gasteiger partial charge in [0.2, 0.25) is 5.51 Å². The van der Waals surface area contributed by atoms with Crippen LogP contribution in [-0.4, -0.2) is 16.8 Å². The minimum Gasteiger partial charge on any atom is -1.00 e. The van der Waals surface area contributed by atoms with Crippen LogP contribution < -0.4 is 21.5 Å². The predicted octanol–water partition coefficient (Wildman–Crippen LogP) is -0.621. The van der Waals surface area contributed by atoms with Gasteiger partial charge in [-0.15, -0.1) is 0 Å². The fourth-order valence-electron chi connectivity index (χ4n) is 1.95. The van der Waals surface area contributed by atoms with Gasteiger partial charge in [0.25, 0.3) is 0 Å². The van der Waals surface area contributed by atoms with Gasteiger partial charge in [-0.1, -0.05) is 39.4 Å². The number of aliphatic hydroxyl groups is 2. The molecule has 1 aromatic heterocycles. The Morgan fingerprint density at radius 1 is 1.30 bits per heavy atom. The third-order valence-electron chi connectivity index (χ3n) is 3.12. The van der Waals surface area contributed by atoms with Gasteiger partial charge < -0.3 is 27.2 Å². The lowest BCUT2D eigenvalue weighted by Gasteiger charge is -2.07. The molecule has 1 atom stereocenters. The summed E-state index contributed by atoms with van der Waals surface area (Å²) in [6.07, 6.45) is 0.158. The molecule has 3 nitrogen and oxygen atoms in total. The first-order valence-corrected chi connectivity index (χ1v) is 7.80. The minimum atomic E-state index is -0.520. The van der Waals surface area contributed by atoms with Crippen molar-refractivity contribution in [3.8, 4) is 0 Å². The highest BCUT2D eigenvalue weighted by atomic mass is 79.9. The van der Waals surface area contributed by atoms with E-state index < -0.39 is 6.10 Å². The molecule has 2 rings (SSSR count). The van der Waals surface area contributed by atoms with Crippen LogP contribution >= 0.6 is 27.3 Å². The molecule has 0 aliphatic rings. The van der Waals surface area contributed by atoms with Crippen molar-refractivity contribution in [1.82, 2.24) is 0 Å². The topological polar surface area (TPSA) is 44.3 Å². The lowest BCUT2D eigenvalue weighted by Crippen LogP contribution is -3.00. The Morgan fingerprint density at radius 2 is 1.95 bits per heavy atom. The van der Waals surface area contributed by atoms with Crippen molar-refractivity contribution in [2.24, 2.45) is 0 Å². The highest BCUT2D eigenvalue weighted by Crippen LogP contribution is 2.18. The Bertz CT molecular complexity index is 543. The molecule has 6 heteroatoms. The molecule has 2 aromatic rings. The monoisotopic (exact) mass is 421 g/mol. The van der Waals surface area contributed by atoms with Gasteiger partial charge in [0.15, 0.2) is 12.2 Å². The Morgan fingerprint density at radius 3 is 2.55 bits per heavy atom. The van der Waals surface area contributed by atoms with Crippen molar-refractivity contribution < 1.29 is 31.8 Å². The average Bonchev–Trinajstić information content (AvgIpc) is 2.73. The third-order valence-corrected chi connectivity index (χ3v) is 4.79. The molecular weight excluding hydrogens is 406 g/mol. The van der Waals surface area contributed by atoms with Gasteiger partial charge in [-0.05, 0) is 17.7 Å². The zero-order valence-electron chi connectivity index (χ0n) is 11.1. The number of aromatic nitrogens is 1. The lowest BCUT2D eigenvalue weighted by molar-refractivity contribution is -0.706. The molecule has 0 radical (unpaired) electrons. The van der Waals surface area contributed by atoms with Crippen LogP contribution in [0.3, 0.4) is 0 Å². The van der Waals surface area contributed by atoms with E-state index in [2.05, 4.69) is 15.9 Å². The van der Waals surface area contributed by atoms with Crippen molar-refractivity contribution in [2.75, 3.05) is 6.61 Å². The van der Waals surface area contributed by atoms with Crippen molar-refractivity contribution in [3.05, 3.63) is 50.4 Å². The number of thiazole rings is 1. The first-order chi connectivity index (χ1) is 9.11. The molecule has 20 heavy (non-hydrogen) atoms. The van der Waals surface area contributed by atoms with E-state index >= 15 is 0 Å². The van der Waals surface area contributed by atoms with Crippen LogP contribution in [-0.2, 0) is 13.0 Å². The van der Waals surface area contributed by atoms with E-state index in [-0.39, 0.29) is 23.6 Å². The van der Waals surface area contributed by atoms with E-state index in [1.54, 1.807) is 11.3 Å². The fourth-order valence-corrected chi connectivity index (χ4v) is 3.21. The van der Waals surface area contributed by atoms with Gasteiger partial charge in [0.1, 0.15) is 6.10 Å². The summed E-state index contributed by atoms with van der Waals surface area (Å²) in [5.41, 5.74) is 4.03. The maximum absolute atomic E-state index is 10.2. The average molecular weight is 423 g/mol. The second-order valence-electron chi connectivity index (χ2n) is 4.43. The van der Waals surface area contributed by atoms with Crippen LogP contribution in [0.1, 0.15) is 22.2 Å². The zero-order chi connectivity index (χ0) is 13.8. The largest absolute Gasteiger partial charge is 1.00 e. The van der Waals surface area contributed by atoms with Crippen molar-refractivity contribution in [3.63, 3.8) is 0 Å². The van der Waals surface area contributed by atoms with Gasteiger partial charge in [0, 0.05) is 24.4 Å². The van der Waals surface area contributed by atoms with Crippen LogP contribution in [0.2, 0.25) is 0 Å². The molecule has 110 valence electrons. The maximum atomic E-state index is 10.2. The highest BCUT2D eigenvalue weighted by Gasteiger charge is 2.19. The van der Waals surface area contributed by atoms with Crippen molar-refractivity contribution in [2.45, 2.75) is 26.0 Å². The van der Waals surface area contributed by atoms with Crippen molar-refractivity contribution in [1.29, 1.82) is 0 Å². The first-order valence-electron chi connectivity index (χ1n) is 6.12. The van der Waals surface area contributed by atoms with Gasteiger partial charge in [-0.3, -0.25) is 0 Å². The number of hydrogen-bond acceptors (Lipinski definition) is 3. The molecule has 0 saturated heterocycles. The number of rotatable bonds is 5. The van der Waals surface area contributed by atoms with Gasteiger partial charge >= 0.3 is 0 Å². The standard InChI is InChI=1S/C14H17BrNO2S.BrH/c1-10-14(6-7-17)19-9-16(10)8-13(18)11-2-4-12(15)5-3-11;/h2-5,9,13,17-18H,6-8H2,1H3;1H/q+1;/p-1. The summed E-state index contributed by atoms with van der Waals surface area (Å²) in [5, 5.41) is 19.2. The van der Waals surface area contributed by atoms with E-state index in [1.165, 1.54) is 4.88 Å². The zero-order valence-corrected chi connectivity index (χ0v) is 15.1. The maximum Gasteiger partial charge on any atom is 0.225 e. The quantitative estimate of drug-likeness (QED) is 0.630. The molecule has 0 aliphatic carbocycles. The van der Waals surface area contributed by atoms with Crippen LogP contribution in [0.15, 0.2) is 34.2 Å². The summed E-state index contributed by atoms with van der Waals surface area (Å²) in [5.74, 6) is 0. The van der Waals surface area contributed by atoms with E-state index in [0.29, 0.717) is 13.0 Å². The Balaban J connectivity index is 0.00000200. The summed E-state index contributed by atoms with van der Waals surface area (Å²) >= 11 is 5.01. The summed E-state index contributed by atoms with van der Waals surface area (Å²) in [4.78, 5) is 1.17. The molecule has 0 spiro atoms. The van der Waals surface area contributed by atoms with Crippen LogP contribution in [0.5, 0.6) is 0 Å². The second-order valence-corrected chi connectivity index (χ2v) is 6.28. The van der Waals surface area contributed by atoms with Crippen LogP contribution in [0.25, 0.3) is 0 Å². The summed E-state index contributed by atoms with van der Waals surface area (Å²) in [6.45, 7) is 2.72. The van der Waals surface area contributed by atoms with E-state index in [9.17, 15) is 5.11 Å². The molecular formula is C14H17Br2NO2S.